The molecule has 1 amide bonds. The molecular weight excluding hydrogens is 541 g/mol. The summed E-state index contributed by atoms with van der Waals surface area (Å²) in [6.07, 6.45) is 9.23. The first-order chi connectivity index (χ1) is 20.7. The van der Waals surface area contributed by atoms with Crippen molar-refractivity contribution in [2.24, 2.45) is 5.92 Å². The molecule has 5 rings (SSSR count). The Morgan fingerprint density at radius 3 is 2.42 bits per heavy atom. The fourth-order valence-electron chi connectivity index (χ4n) is 5.79. The first-order valence-corrected chi connectivity index (χ1v) is 15.5. The van der Waals surface area contributed by atoms with Gasteiger partial charge in [0.25, 0.3) is 0 Å². The Morgan fingerprint density at radius 2 is 1.70 bits per heavy atom. The van der Waals surface area contributed by atoms with Gasteiger partial charge >= 0.3 is 5.97 Å². The summed E-state index contributed by atoms with van der Waals surface area (Å²) >= 11 is 0. The van der Waals surface area contributed by atoms with Crippen LogP contribution in [0.4, 0.5) is 10.1 Å². The molecule has 6 heteroatoms. The number of esters is 1. The van der Waals surface area contributed by atoms with E-state index in [0.717, 1.165) is 44.1 Å². The van der Waals surface area contributed by atoms with Crippen LogP contribution < -0.4 is 9.64 Å². The molecule has 1 aliphatic heterocycles. The molecule has 3 aromatic carbocycles. The van der Waals surface area contributed by atoms with Crippen molar-refractivity contribution in [2.75, 3.05) is 4.90 Å². The third-order valence-corrected chi connectivity index (χ3v) is 8.24. The molecule has 0 saturated heterocycles. The molecular formula is C37H40FNO4. The van der Waals surface area contributed by atoms with Crippen molar-refractivity contribution >= 4 is 17.6 Å². The van der Waals surface area contributed by atoms with Gasteiger partial charge in [0, 0.05) is 42.6 Å². The molecule has 5 nitrogen and oxygen atoms in total. The Morgan fingerprint density at radius 1 is 0.977 bits per heavy atom. The van der Waals surface area contributed by atoms with E-state index in [1.165, 1.54) is 24.5 Å². The molecule has 1 aliphatic carbocycles. The van der Waals surface area contributed by atoms with Gasteiger partial charge < -0.3 is 14.4 Å². The molecule has 0 unspecified atom stereocenters. The highest BCUT2D eigenvalue weighted by atomic mass is 19.1. The van der Waals surface area contributed by atoms with Crippen LogP contribution in [0.5, 0.6) is 5.75 Å². The third-order valence-electron chi connectivity index (χ3n) is 8.24. The molecule has 0 bridgehead atoms. The van der Waals surface area contributed by atoms with Crippen molar-refractivity contribution in [3.8, 4) is 17.6 Å². The molecule has 0 spiro atoms. The van der Waals surface area contributed by atoms with Crippen molar-refractivity contribution in [3.63, 3.8) is 0 Å². The minimum Gasteiger partial charge on any atom is -0.452 e. The van der Waals surface area contributed by atoms with Gasteiger partial charge in [0.2, 0.25) is 11.7 Å². The number of carbonyl (C=O) groups is 2. The zero-order chi connectivity index (χ0) is 30.4. The van der Waals surface area contributed by atoms with Gasteiger partial charge in [0.15, 0.2) is 0 Å². The van der Waals surface area contributed by atoms with Crippen molar-refractivity contribution in [3.05, 3.63) is 94.3 Å². The van der Waals surface area contributed by atoms with Gasteiger partial charge in [-0.05, 0) is 73.2 Å². The lowest BCUT2D eigenvalue weighted by molar-refractivity contribution is -0.127. The van der Waals surface area contributed by atoms with Crippen LogP contribution in [0.3, 0.4) is 0 Å². The number of carbonyl (C=O) groups excluding carboxylic acids is 2. The number of hydrogen-bond acceptors (Lipinski definition) is 4. The first kappa shape index (κ1) is 30.4. The van der Waals surface area contributed by atoms with Crippen LogP contribution in [-0.4, -0.2) is 17.7 Å². The molecule has 1 heterocycles. The number of amides is 1. The second-order valence-electron chi connectivity index (χ2n) is 12.1. The number of anilines is 1. The topological polar surface area (TPSA) is 55.8 Å². The fourth-order valence-corrected chi connectivity index (χ4v) is 5.79. The molecule has 0 radical (unpaired) electrons. The Bertz CT molecular complexity index is 1530. The second-order valence-corrected chi connectivity index (χ2v) is 12.1. The van der Waals surface area contributed by atoms with Crippen LogP contribution in [0.2, 0.25) is 0 Å². The number of benzene rings is 3. The van der Waals surface area contributed by atoms with E-state index in [0.29, 0.717) is 34.9 Å². The smallest absolute Gasteiger partial charge is 0.345 e. The van der Waals surface area contributed by atoms with Gasteiger partial charge in [-0.1, -0.05) is 69.1 Å². The molecule has 0 aromatic heterocycles. The average Bonchev–Trinajstić information content (AvgIpc) is 3.51. The summed E-state index contributed by atoms with van der Waals surface area (Å²) in [7, 11) is 0. The first-order valence-electron chi connectivity index (χ1n) is 15.5. The zero-order valence-electron chi connectivity index (χ0n) is 25.4. The summed E-state index contributed by atoms with van der Waals surface area (Å²) in [4.78, 5) is 27.9. The van der Waals surface area contributed by atoms with Crippen LogP contribution in [0, 0.1) is 23.6 Å². The van der Waals surface area contributed by atoms with E-state index < -0.39 is 17.6 Å². The lowest BCUT2D eigenvalue weighted by Gasteiger charge is -2.32. The fraction of sp³-hybridized carbons (Fsp3) is 0.405. The summed E-state index contributed by atoms with van der Waals surface area (Å²) in [6, 6.07) is 18.1. The molecule has 0 N–H and O–H groups in total. The maximum Gasteiger partial charge on any atom is 0.345 e. The van der Waals surface area contributed by atoms with Crippen LogP contribution in [-0.2, 0) is 22.5 Å². The Labute approximate surface area is 254 Å². The number of fused-ring (bicyclic) bond motifs is 1. The average molecular weight is 582 g/mol. The lowest BCUT2D eigenvalue weighted by atomic mass is 10.0. The highest BCUT2D eigenvalue weighted by molar-refractivity contribution is 5.98. The van der Waals surface area contributed by atoms with E-state index >= 15 is 4.39 Å². The van der Waals surface area contributed by atoms with Gasteiger partial charge in [-0.25, -0.2) is 9.18 Å². The number of unbranched alkanes of at least 4 members (excludes halogenated alkanes) is 1. The number of halogens is 1. The van der Waals surface area contributed by atoms with Gasteiger partial charge in [0.1, 0.15) is 17.1 Å². The Hall–Kier alpha value is -4.11. The van der Waals surface area contributed by atoms with Crippen LogP contribution >= 0.6 is 0 Å². The molecule has 3 aromatic rings. The zero-order valence-corrected chi connectivity index (χ0v) is 25.4. The van der Waals surface area contributed by atoms with E-state index in [2.05, 4.69) is 30.9 Å². The molecule has 2 aliphatic rings. The van der Waals surface area contributed by atoms with Crippen LogP contribution in [0.1, 0.15) is 105 Å². The quantitative estimate of drug-likeness (QED) is 0.188. The normalized spacial score (nSPS) is 15.6. The number of hydrogen-bond donors (Lipinski definition) is 0. The second kappa shape index (κ2) is 13.5. The van der Waals surface area contributed by atoms with E-state index in [4.69, 9.17) is 9.47 Å². The highest BCUT2D eigenvalue weighted by Crippen LogP contribution is 2.35. The minimum atomic E-state index is -1.08. The number of ether oxygens (including phenoxy) is 2. The number of aryl methyl sites for hydroxylation is 1. The maximum atomic E-state index is 15.4. The third kappa shape index (κ3) is 7.84. The van der Waals surface area contributed by atoms with Crippen molar-refractivity contribution < 1.29 is 23.5 Å². The minimum absolute atomic E-state index is 0.0302. The summed E-state index contributed by atoms with van der Waals surface area (Å²) in [5.74, 6) is 4.99. The van der Waals surface area contributed by atoms with Gasteiger partial charge in [-0.15, -0.1) is 0 Å². The van der Waals surface area contributed by atoms with Gasteiger partial charge in [-0.2, -0.15) is 0 Å². The molecule has 0 atom stereocenters. The van der Waals surface area contributed by atoms with Crippen LogP contribution in [0.15, 0.2) is 60.7 Å². The van der Waals surface area contributed by atoms with Crippen LogP contribution in [0.25, 0.3) is 0 Å². The maximum absolute atomic E-state index is 15.4. The SMILES string of the molecule is CCCCc1ccc(C#Cc2ccc(CN(C(=O)CCC3CCCC3)c3ccc4c(c3)C(=O)OC(C)(C)O4)c(F)c2)cc1. The molecule has 1 saturated carbocycles. The lowest BCUT2D eigenvalue weighted by Crippen LogP contribution is -2.39. The van der Waals surface area contributed by atoms with Crippen molar-refractivity contribution in [2.45, 2.75) is 90.9 Å². The predicted molar refractivity (Wildman–Crippen MR) is 166 cm³/mol. The van der Waals surface area contributed by atoms with E-state index in [9.17, 15) is 9.59 Å². The molecule has 1 fully saturated rings. The van der Waals surface area contributed by atoms with E-state index in [-0.39, 0.29) is 18.0 Å². The highest BCUT2D eigenvalue weighted by Gasteiger charge is 2.34. The number of nitrogens with zero attached hydrogens (tertiary/aromatic N) is 1. The summed E-state index contributed by atoms with van der Waals surface area (Å²) in [5.41, 5.74) is 3.85. The van der Waals surface area contributed by atoms with Gasteiger partial charge in [-0.3, -0.25) is 4.79 Å². The molecule has 43 heavy (non-hydrogen) atoms. The summed E-state index contributed by atoms with van der Waals surface area (Å²) in [6.45, 7) is 5.55. The standard InChI is InChI=1S/C37H40FNO4/c1-4-5-8-27-11-13-28(14-12-27)15-16-29-17-19-30(33(38)23-29)25-39(35(40)22-18-26-9-6-7-10-26)31-20-21-34-32(24-31)36(41)43-37(2,3)42-34/h11-14,17,19-21,23-24,26H,4-10,18,22,25H2,1-3H3. The predicted octanol–water partition coefficient (Wildman–Crippen LogP) is 8.36. The molecule has 224 valence electrons. The van der Waals surface area contributed by atoms with E-state index in [1.807, 2.05) is 12.1 Å². The van der Waals surface area contributed by atoms with Crippen molar-refractivity contribution in [1.82, 2.24) is 0 Å². The van der Waals surface area contributed by atoms with Gasteiger partial charge in [0.05, 0.1) is 6.54 Å². The largest absolute Gasteiger partial charge is 0.452 e. The Kier molecular flexibility index (Phi) is 9.50. The number of rotatable bonds is 9. The van der Waals surface area contributed by atoms with Crippen molar-refractivity contribution in [1.29, 1.82) is 0 Å². The number of cyclic esters (lactones) is 1. The monoisotopic (exact) mass is 581 g/mol. The summed E-state index contributed by atoms with van der Waals surface area (Å²) < 4.78 is 26.6. The Balaban J connectivity index is 1.36. The summed E-state index contributed by atoms with van der Waals surface area (Å²) in [5, 5.41) is 0. The van der Waals surface area contributed by atoms with E-state index in [1.54, 1.807) is 49.1 Å².